The summed E-state index contributed by atoms with van der Waals surface area (Å²) < 4.78 is 35.9. The maximum atomic E-state index is 13.6. The van der Waals surface area contributed by atoms with Gasteiger partial charge in [0.2, 0.25) is 0 Å². The van der Waals surface area contributed by atoms with Crippen LogP contribution in [0.15, 0.2) is 66.1 Å². The van der Waals surface area contributed by atoms with Crippen LogP contribution in [0.25, 0.3) is 0 Å². The SMILES string of the molecule is CCCCNc1cc(C(=O)OC)cc(S(=N)(=O)NCc2cncnc2)c1Oc1ccccc1. The fraction of sp³-hybridized carbons (Fsp3) is 0.261. The maximum Gasteiger partial charge on any atom is 0.337 e. The third-order valence-electron chi connectivity index (χ3n) is 4.69. The molecule has 3 N–H and O–H groups in total. The number of aromatic nitrogens is 2. The van der Waals surface area contributed by atoms with E-state index in [1.165, 1.54) is 19.5 Å². The molecule has 33 heavy (non-hydrogen) atoms. The van der Waals surface area contributed by atoms with Crippen molar-refractivity contribution >= 4 is 21.6 Å². The number of hydrogen-bond acceptors (Lipinski definition) is 8. The van der Waals surface area contributed by atoms with Crippen LogP contribution >= 0.6 is 0 Å². The van der Waals surface area contributed by atoms with Gasteiger partial charge in [0.25, 0.3) is 0 Å². The average Bonchev–Trinajstić information content (AvgIpc) is 2.84. The van der Waals surface area contributed by atoms with Crippen molar-refractivity contribution in [3.63, 3.8) is 0 Å². The summed E-state index contributed by atoms with van der Waals surface area (Å²) in [7, 11) is -2.33. The van der Waals surface area contributed by atoms with Gasteiger partial charge in [0, 0.05) is 31.0 Å². The molecule has 0 saturated heterocycles. The number of carbonyl (C=O) groups excluding carboxylic acids is 1. The lowest BCUT2D eigenvalue weighted by Gasteiger charge is -2.20. The summed E-state index contributed by atoms with van der Waals surface area (Å²) in [4.78, 5) is 20.2. The summed E-state index contributed by atoms with van der Waals surface area (Å²) in [5.41, 5.74) is 1.28. The van der Waals surface area contributed by atoms with E-state index in [1.54, 1.807) is 30.6 Å². The lowest BCUT2D eigenvalue weighted by molar-refractivity contribution is 0.0600. The number of nitrogens with zero attached hydrogens (tertiary/aromatic N) is 2. The molecule has 0 bridgehead atoms. The van der Waals surface area contributed by atoms with Crippen LogP contribution in [0.4, 0.5) is 5.69 Å². The Balaban J connectivity index is 2.08. The number of benzene rings is 2. The summed E-state index contributed by atoms with van der Waals surface area (Å²) in [6.07, 6.45) is 6.37. The van der Waals surface area contributed by atoms with Gasteiger partial charge in [-0.3, -0.25) is 0 Å². The third-order valence-corrected chi connectivity index (χ3v) is 6.16. The number of hydrogen-bond donors (Lipinski definition) is 3. The molecule has 0 saturated carbocycles. The minimum absolute atomic E-state index is 0.0325. The molecular formula is C23H27N5O4S. The van der Waals surface area contributed by atoms with Crippen LogP contribution in [0.2, 0.25) is 0 Å². The first-order valence-electron chi connectivity index (χ1n) is 10.4. The van der Waals surface area contributed by atoms with E-state index < -0.39 is 15.9 Å². The molecule has 1 unspecified atom stereocenters. The quantitative estimate of drug-likeness (QED) is 0.281. The smallest absolute Gasteiger partial charge is 0.337 e. The largest absolute Gasteiger partial charge is 0.465 e. The minimum Gasteiger partial charge on any atom is -0.465 e. The molecular weight excluding hydrogens is 442 g/mol. The molecule has 174 valence electrons. The average molecular weight is 470 g/mol. The van der Waals surface area contributed by atoms with E-state index in [2.05, 4.69) is 26.9 Å². The topological polar surface area (TPSA) is 126 Å². The molecule has 0 amide bonds. The Morgan fingerprint density at radius 3 is 2.55 bits per heavy atom. The molecule has 0 radical (unpaired) electrons. The lowest BCUT2D eigenvalue weighted by atomic mass is 10.1. The first-order valence-corrected chi connectivity index (χ1v) is 12.0. The fourth-order valence-electron chi connectivity index (χ4n) is 2.98. The number of anilines is 1. The molecule has 0 fully saturated rings. The summed E-state index contributed by atoms with van der Waals surface area (Å²) in [6, 6.07) is 12.0. The van der Waals surface area contributed by atoms with Crippen LogP contribution in [0.5, 0.6) is 11.5 Å². The number of rotatable bonds is 11. The van der Waals surface area contributed by atoms with Crippen molar-refractivity contribution in [3.05, 3.63) is 72.3 Å². The second-order valence-electron chi connectivity index (χ2n) is 7.16. The third kappa shape index (κ3) is 6.50. The maximum absolute atomic E-state index is 13.6. The van der Waals surface area contributed by atoms with Crippen molar-refractivity contribution < 1.29 is 18.5 Å². The van der Waals surface area contributed by atoms with Crippen molar-refractivity contribution in [1.29, 1.82) is 4.78 Å². The van der Waals surface area contributed by atoms with Crippen molar-refractivity contribution in [3.8, 4) is 11.5 Å². The predicted molar refractivity (Wildman–Crippen MR) is 126 cm³/mol. The molecule has 0 aliphatic heterocycles. The Bertz CT molecular complexity index is 1170. The Kier molecular flexibility index (Phi) is 8.34. The monoisotopic (exact) mass is 469 g/mol. The van der Waals surface area contributed by atoms with Gasteiger partial charge >= 0.3 is 5.97 Å². The highest BCUT2D eigenvalue weighted by molar-refractivity contribution is 7.90. The highest BCUT2D eigenvalue weighted by Crippen LogP contribution is 2.38. The van der Waals surface area contributed by atoms with Gasteiger partial charge in [-0.2, -0.15) is 0 Å². The van der Waals surface area contributed by atoms with Crippen LogP contribution < -0.4 is 14.8 Å². The van der Waals surface area contributed by atoms with E-state index in [0.29, 0.717) is 23.5 Å². The molecule has 0 aliphatic rings. The number of carbonyl (C=O) groups is 1. The normalized spacial score (nSPS) is 12.5. The lowest BCUT2D eigenvalue weighted by Crippen LogP contribution is -2.23. The highest BCUT2D eigenvalue weighted by Gasteiger charge is 2.24. The zero-order valence-corrected chi connectivity index (χ0v) is 19.4. The van der Waals surface area contributed by atoms with Crippen molar-refractivity contribution in [2.75, 3.05) is 19.0 Å². The number of esters is 1. The number of unbranched alkanes of at least 4 members (excludes halogenated alkanes) is 1. The molecule has 0 aliphatic carbocycles. The van der Waals surface area contributed by atoms with Gasteiger partial charge in [-0.1, -0.05) is 31.5 Å². The van der Waals surface area contributed by atoms with E-state index in [-0.39, 0.29) is 22.8 Å². The molecule has 3 aromatic rings. The molecule has 2 aromatic carbocycles. The second-order valence-corrected chi connectivity index (χ2v) is 9.00. The van der Waals surface area contributed by atoms with Gasteiger partial charge in [0.15, 0.2) is 5.75 Å². The van der Waals surface area contributed by atoms with E-state index in [1.807, 2.05) is 18.2 Å². The molecule has 1 heterocycles. The number of para-hydroxylation sites is 1. The van der Waals surface area contributed by atoms with Gasteiger partial charge in [-0.25, -0.2) is 28.5 Å². The molecule has 1 aromatic heterocycles. The zero-order valence-electron chi connectivity index (χ0n) is 18.5. The fourth-order valence-corrected chi connectivity index (χ4v) is 4.21. The van der Waals surface area contributed by atoms with E-state index >= 15 is 0 Å². The van der Waals surface area contributed by atoms with Gasteiger partial charge in [-0.15, -0.1) is 0 Å². The standard InChI is InChI=1S/C23H27N5O4S/c1-3-4-10-27-20-11-18(23(29)31-2)12-21(22(20)32-19-8-6-5-7-9-19)33(24,30)28-15-17-13-25-16-26-14-17/h5-9,11-14,16,27H,3-4,10,15H2,1-2H3,(H2,24,28,30). The molecule has 9 nitrogen and oxygen atoms in total. The highest BCUT2D eigenvalue weighted by atomic mass is 32.2. The molecule has 3 rings (SSSR count). The Morgan fingerprint density at radius 1 is 1.15 bits per heavy atom. The zero-order chi connectivity index (χ0) is 23.7. The summed E-state index contributed by atoms with van der Waals surface area (Å²) >= 11 is 0. The van der Waals surface area contributed by atoms with E-state index in [9.17, 15) is 9.00 Å². The van der Waals surface area contributed by atoms with Crippen LogP contribution in [-0.2, 0) is 21.2 Å². The predicted octanol–water partition coefficient (Wildman–Crippen LogP) is 4.38. The van der Waals surface area contributed by atoms with Crippen molar-refractivity contribution in [2.45, 2.75) is 31.2 Å². The van der Waals surface area contributed by atoms with Crippen LogP contribution in [0.3, 0.4) is 0 Å². The van der Waals surface area contributed by atoms with Crippen LogP contribution in [0.1, 0.15) is 35.7 Å². The van der Waals surface area contributed by atoms with Gasteiger partial charge in [0.05, 0.1) is 18.4 Å². The summed E-state index contributed by atoms with van der Waals surface area (Å²) in [5.74, 6) is 0.115. The van der Waals surface area contributed by atoms with Crippen LogP contribution in [-0.4, -0.2) is 33.8 Å². The minimum atomic E-state index is -3.60. The van der Waals surface area contributed by atoms with Crippen molar-refractivity contribution in [1.82, 2.24) is 14.7 Å². The Hall–Kier alpha value is -3.50. The first-order chi connectivity index (χ1) is 15.9. The summed E-state index contributed by atoms with van der Waals surface area (Å²) in [5, 5.41) is 3.25. The van der Waals surface area contributed by atoms with E-state index in [0.717, 1.165) is 12.8 Å². The van der Waals surface area contributed by atoms with Crippen LogP contribution in [0, 0.1) is 4.78 Å². The van der Waals surface area contributed by atoms with Crippen molar-refractivity contribution in [2.24, 2.45) is 0 Å². The molecule has 0 spiro atoms. The Morgan fingerprint density at radius 2 is 1.88 bits per heavy atom. The molecule has 10 heteroatoms. The van der Waals surface area contributed by atoms with E-state index in [4.69, 9.17) is 14.3 Å². The van der Waals surface area contributed by atoms with Gasteiger partial charge in [-0.05, 0) is 30.7 Å². The summed E-state index contributed by atoms with van der Waals surface area (Å²) in [6.45, 7) is 2.77. The van der Waals surface area contributed by atoms with Gasteiger partial charge < -0.3 is 14.8 Å². The molecule has 1 atom stereocenters. The Labute approximate surface area is 193 Å². The number of methoxy groups -OCH3 is 1. The van der Waals surface area contributed by atoms with Gasteiger partial charge in [0.1, 0.15) is 26.9 Å². The number of nitrogens with one attached hydrogen (secondary N) is 3. The second kappa shape index (κ2) is 11.4. The number of ether oxygens (including phenoxy) is 2. The first kappa shape index (κ1) is 24.1.